The van der Waals surface area contributed by atoms with E-state index in [-0.39, 0.29) is 19.6 Å². The number of ether oxygens (including phenoxy) is 6. The van der Waals surface area contributed by atoms with Crippen molar-refractivity contribution in [2.24, 2.45) is 0 Å². The Kier molecular flexibility index (Phi) is 24.1. The van der Waals surface area contributed by atoms with Crippen molar-refractivity contribution in [2.45, 2.75) is 191 Å². The Hall–Kier alpha value is -1.01. The van der Waals surface area contributed by atoms with Gasteiger partial charge in [0, 0.05) is 13.0 Å². The maximum Gasteiger partial charge on any atom is 0.305 e. The fourth-order valence-corrected chi connectivity index (χ4v) is 6.14. The number of hydrogen-bond acceptors (Lipinski definition) is 14. The van der Waals surface area contributed by atoms with Gasteiger partial charge in [0.1, 0.15) is 54.9 Å². The number of hydrogen-bond donors (Lipinski definition) is 7. The van der Waals surface area contributed by atoms with E-state index in [1.807, 2.05) is 0 Å². The molecule has 0 aromatic heterocycles. The van der Waals surface area contributed by atoms with E-state index < -0.39 is 86.7 Å². The van der Waals surface area contributed by atoms with Gasteiger partial charge in [-0.3, -0.25) is 4.79 Å². The van der Waals surface area contributed by atoms with Crippen LogP contribution in [0, 0.1) is 0 Å². The van der Waals surface area contributed by atoms with Gasteiger partial charge < -0.3 is 64.2 Å². The Morgan fingerprint density at radius 1 is 0.580 bits per heavy atom. The van der Waals surface area contributed by atoms with E-state index in [4.69, 9.17) is 28.4 Å². The lowest BCUT2D eigenvalue weighted by Gasteiger charge is -2.42. The second-order valence-corrected chi connectivity index (χ2v) is 13.7. The monoisotopic (exact) mass is 724 g/mol. The quantitative estimate of drug-likeness (QED) is 0.0456. The summed E-state index contributed by atoms with van der Waals surface area (Å²) in [5.74, 6) is -0.462. The zero-order valence-electron chi connectivity index (χ0n) is 30.4. The minimum atomic E-state index is -1.69. The average Bonchev–Trinajstić information content (AvgIpc) is 3.12. The fourth-order valence-electron chi connectivity index (χ4n) is 6.14. The Bertz CT molecular complexity index is 850. The molecule has 2 saturated heterocycles. The third kappa shape index (κ3) is 16.8. The summed E-state index contributed by atoms with van der Waals surface area (Å²) in [5, 5.41) is 70.9. The molecule has 11 unspecified atom stereocenters. The average molecular weight is 725 g/mol. The van der Waals surface area contributed by atoms with Crippen molar-refractivity contribution in [3.63, 3.8) is 0 Å². The van der Waals surface area contributed by atoms with Crippen molar-refractivity contribution >= 4 is 5.97 Å². The maximum absolute atomic E-state index is 12.0. The van der Waals surface area contributed by atoms with Crippen LogP contribution in [-0.4, -0.2) is 142 Å². The van der Waals surface area contributed by atoms with Crippen LogP contribution in [-0.2, 0) is 33.2 Å². The molecule has 2 rings (SSSR count). The predicted molar refractivity (Wildman–Crippen MR) is 183 cm³/mol. The van der Waals surface area contributed by atoms with Gasteiger partial charge in [0.15, 0.2) is 12.6 Å². The number of unbranched alkanes of at least 4 members (excludes halogenated alkanes) is 15. The first-order valence-corrected chi connectivity index (χ1v) is 19.1. The van der Waals surface area contributed by atoms with Gasteiger partial charge in [0.05, 0.1) is 26.4 Å². The molecule has 0 spiro atoms. The molecule has 296 valence electrons. The van der Waals surface area contributed by atoms with Crippen LogP contribution >= 0.6 is 0 Å². The highest BCUT2D eigenvalue weighted by molar-refractivity contribution is 5.69. The number of carbonyl (C=O) groups is 1. The highest BCUT2D eigenvalue weighted by Crippen LogP contribution is 2.26. The molecule has 0 aromatic rings. The van der Waals surface area contributed by atoms with Crippen molar-refractivity contribution in [3.8, 4) is 0 Å². The van der Waals surface area contributed by atoms with Gasteiger partial charge in [0.25, 0.3) is 0 Å². The molecule has 0 aromatic carbocycles. The van der Waals surface area contributed by atoms with E-state index in [2.05, 4.69) is 6.92 Å². The third-order valence-corrected chi connectivity index (χ3v) is 9.42. The molecule has 7 N–H and O–H groups in total. The lowest BCUT2D eigenvalue weighted by atomic mass is 9.98. The van der Waals surface area contributed by atoms with E-state index in [0.29, 0.717) is 6.61 Å². The first-order chi connectivity index (χ1) is 24.1. The lowest BCUT2D eigenvalue weighted by Crippen LogP contribution is -2.61. The number of aliphatic hydroxyl groups is 7. The zero-order chi connectivity index (χ0) is 36.7. The third-order valence-electron chi connectivity index (χ3n) is 9.42. The molecule has 11 atom stereocenters. The standard InChI is InChI=1S/C36H68O14/c1-3-5-6-7-8-9-10-11-12-13-14-15-16-17-18-19-20-45-22-25(48-28(38)4-2)23-46-35-34(44)32(42)30(40)27(50-35)24-47-36-33(43)31(41)29(39)26(21-37)49-36/h25-27,29-37,39-44H,3-24H2,1-2H3. The lowest BCUT2D eigenvalue weighted by molar-refractivity contribution is -0.332. The Morgan fingerprint density at radius 2 is 1.04 bits per heavy atom. The minimum Gasteiger partial charge on any atom is -0.457 e. The van der Waals surface area contributed by atoms with Crippen molar-refractivity contribution < 1.29 is 69.0 Å². The van der Waals surface area contributed by atoms with Gasteiger partial charge in [-0.15, -0.1) is 0 Å². The van der Waals surface area contributed by atoms with Crippen molar-refractivity contribution in [3.05, 3.63) is 0 Å². The van der Waals surface area contributed by atoms with E-state index in [0.717, 1.165) is 19.3 Å². The summed E-state index contributed by atoms with van der Waals surface area (Å²) < 4.78 is 33.3. The molecule has 50 heavy (non-hydrogen) atoms. The first kappa shape index (κ1) is 45.1. The Labute approximate surface area is 298 Å². The zero-order valence-corrected chi connectivity index (χ0v) is 30.4. The van der Waals surface area contributed by atoms with Crippen LogP contribution in [0.1, 0.15) is 123 Å². The Morgan fingerprint density at radius 3 is 1.54 bits per heavy atom. The maximum atomic E-state index is 12.0. The molecule has 14 nitrogen and oxygen atoms in total. The molecule has 14 heteroatoms. The summed E-state index contributed by atoms with van der Waals surface area (Å²) in [7, 11) is 0. The molecular weight excluding hydrogens is 656 g/mol. The van der Waals surface area contributed by atoms with Crippen LogP contribution in [0.4, 0.5) is 0 Å². The normalized spacial score (nSPS) is 30.7. The van der Waals surface area contributed by atoms with Crippen LogP contribution in [0.2, 0.25) is 0 Å². The molecule has 2 heterocycles. The molecule has 0 aliphatic carbocycles. The molecule has 0 bridgehead atoms. The largest absolute Gasteiger partial charge is 0.457 e. The van der Waals surface area contributed by atoms with Gasteiger partial charge in [-0.05, 0) is 6.42 Å². The molecule has 2 aliphatic rings. The predicted octanol–water partition coefficient (Wildman–Crippen LogP) is 2.23. The van der Waals surface area contributed by atoms with E-state index in [1.54, 1.807) is 6.92 Å². The molecular formula is C36H68O14. The molecule has 2 aliphatic heterocycles. The van der Waals surface area contributed by atoms with Crippen LogP contribution in [0.5, 0.6) is 0 Å². The topological polar surface area (TPSA) is 214 Å². The molecule has 2 fully saturated rings. The van der Waals surface area contributed by atoms with Crippen molar-refractivity contribution in [2.75, 3.05) is 33.0 Å². The van der Waals surface area contributed by atoms with Gasteiger partial charge in [-0.2, -0.15) is 0 Å². The molecule has 0 amide bonds. The molecule has 0 radical (unpaired) electrons. The SMILES string of the molecule is CCCCCCCCCCCCCCCCCCOCC(COC1OC(COC2OC(CO)C(O)C(O)C2O)C(O)C(O)C1O)OC(=O)CC. The summed E-state index contributed by atoms with van der Waals surface area (Å²) in [5.41, 5.74) is 0. The number of esters is 1. The van der Waals surface area contributed by atoms with E-state index in [1.165, 1.54) is 83.5 Å². The summed E-state index contributed by atoms with van der Waals surface area (Å²) >= 11 is 0. The number of aliphatic hydroxyl groups excluding tert-OH is 7. The van der Waals surface area contributed by atoms with Crippen molar-refractivity contribution in [1.82, 2.24) is 0 Å². The van der Waals surface area contributed by atoms with Gasteiger partial charge in [-0.25, -0.2) is 0 Å². The van der Waals surface area contributed by atoms with Crippen LogP contribution < -0.4 is 0 Å². The van der Waals surface area contributed by atoms with E-state index in [9.17, 15) is 40.5 Å². The molecule has 0 saturated carbocycles. The number of carbonyl (C=O) groups excluding carboxylic acids is 1. The van der Waals surface area contributed by atoms with Crippen LogP contribution in [0.15, 0.2) is 0 Å². The van der Waals surface area contributed by atoms with E-state index >= 15 is 0 Å². The van der Waals surface area contributed by atoms with Crippen molar-refractivity contribution in [1.29, 1.82) is 0 Å². The summed E-state index contributed by atoms with van der Waals surface area (Å²) in [6, 6.07) is 0. The smallest absolute Gasteiger partial charge is 0.305 e. The van der Waals surface area contributed by atoms with Crippen LogP contribution in [0.25, 0.3) is 0 Å². The number of rotatable bonds is 28. The van der Waals surface area contributed by atoms with Gasteiger partial charge in [0.2, 0.25) is 0 Å². The van der Waals surface area contributed by atoms with Gasteiger partial charge >= 0.3 is 5.97 Å². The minimum absolute atomic E-state index is 0.0577. The Balaban J connectivity index is 1.65. The first-order valence-electron chi connectivity index (χ1n) is 19.1. The second-order valence-electron chi connectivity index (χ2n) is 13.7. The summed E-state index contributed by atoms with van der Waals surface area (Å²) in [6.45, 7) is 3.10. The fraction of sp³-hybridized carbons (Fsp3) is 0.972. The highest BCUT2D eigenvalue weighted by Gasteiger charge is 2.47. The van der Waals surface area contributed by atoms with Gasteiger partial charge in [-0.1, -0.05) is 110 Å². The highest BCUT2D eigenvalue weighted by atomic mass is 16.7. The summed E-state index contributed by atoms with van der Waals surface area (Å²) in [4.78, 5) is 12.0. The van der Waals surface area contributed by atoms with Crippen LogP contribution in [0.3, 0.4) is 0 Å². The summed E-state index contributed by atoms with van der Waals surface area (Å²) in [6.07, 6.45) is 4.44. The second kappa shape index (κ2) is 26.7.